The van der Waals surface area contributed by atoms with Gasteiger partial charge in [0, 0.05) is 12.6 Å². The third kappa shape index (κ3) is 4.50. The van der Waals surface area contributed by atoms with Gasteiger partial charge in [-0.3, -0.25) is 4.79 Å². The van der Waals surface area contributed by atoms with Gasteiger partial charge in [0.05, 0.1) is 7.11 Å². The summed E-state index contributed by atoms with van der Waals surface area (Å²) in [6.07, 6.45) is 0. The summed E-state index contributed by atoms with van der Waals surface area (Å²) in [6.45, 7) is 1.44. The first kappa shape index (κ1) is 19.4. The molecule has 144 valence electrons. The Morgan fingerprint density at radius 1 is 0.821 bits per heavy atom. The third-order valence-corrected chi connectivity index (χ3v) is 5.20. The molecule has 0 bridgehead atoms. The Morgan fingerprint density at radius 3 is 1.89 bits per heavy atom. The molecule has 0 atom stereocenters. The van der Waals surface area contributed by atoms with E-state index in [9.17, 15) is 13.2 Å². The van der Waals surface area contributed by atoms with Gasteiger partial charge in [-0.1, -0.05) is 36.4 Å². The summed E-state index contributed by atoms with van der Waals surface area (Å²) in [7, 11) is -2.55. The number of benzene rings is 3. The number of methoxy groups -OCH3 is 1. The molecule has 0 aliphatic carbocycles. The highest BCUT2D eigenvalue weighted by Crippen LogP contribution is 2.30. The monoisotopic (exact) mass is 397 g/mol. The molecule has 0 fully saturated rings. The van der Waals surface area contributed by atoms with Crippen molar-refractivity contribution < 1.29 is 22.1 Å². The first-order chi connectivity index (χ1) is 13.4. The van der Waals surface area contributed by atoms with Crippen molar-refractivity contribution in [3.05, 3.63) is 72.8 Å². The summed E-state index contributed by atoms with van der Waals surface area (Å²) in [5, 5.41) is 2.70. The lowest BCUT2D eigenvalue weighted by Gasteiger charge is -2.11. The number of hydrogen-bond donors (Lipinski definition) is 1. The lowest BCUT2D eigenvalue weighted by molar-refractivity contribution is -0.114. The number of nitrogens with one attached hydrogen (secondary N) is 1. The van der Waals surface area contributed by atoms with Gasteiger partial charge in [0.1, 0.15) is 4.90 Å². The lowest BCUT2D eigenvalue weighted by atomic mass is 10.1. The average molecular weight is 397 g/mol. The smallest absolute Gasteiger partial charge is 0.339 e. The van der Waals surface area contributed by atoms with Gasteiger partial charge in [-0.2, -0.15) is 8.42 Å². The molecule has 0 aliphatic heterocycles. The highest BCUT2D eigenvalue weighted by molar-refractivity contribution is 7.87. The van der Waals surface area contributed by atoms with Crippen LogP contribution in [-0.2, 0) is 14.9 Å². The van der Waals surface area contributed by atoms with Crippen LogP contribution >= 0.6 is 0 Å². The van der Waals surface area contributed by atoms with Gasteiger partial charge < -0.3 is 14.2 Å². The van der Waals surface area contributed by atoms with E-state index in [2.05, 4.69) is 5.32 Å². The molecule has 6 nitrogen and oxygen atoms in total. The largest absolute Gasteiger partial charge is 0.493 e. The summed E-state index contributed by atoms with van der Waals surface area (Å²) in [6, 6.07) is 20.2. The van der Waals surface area contributed by atoms with Gasteiger partial charge >= 0.3 is 10.1 Å². The van der Waals surface area contributed by atoms with Crippen LogP contribution in [0.5, 0.6) is 11.5 Å². The van der Waals surface area contributed by atoms with Gasteiger partial charge in [0.25, 0.3) is 0 Å². The molecule has 0 saturated carbocycles. The van der Waals surface area contributed by atoms with Crippen molar-refractivity contribution in [2.45, 2.75) is 11.8 Å². The van der Waals surface area contributed by atoms with E-state index in [0.717, 1.165) is 11.1 Å². The minimum absolute atomic E-state index is 0.0389. The molecule has 3 rings (SSSR count). The highest BCUT2D eigenvalue weighted by atomic mass is 32.2. The molecule has 3 aromatic carbocycles. The fourth-order valence-corrected chi connectivity index (χ4v) is 3.56. The molecule has 0 aromatic heterocycles. The first-order valence-corrected chi connectivity index (χ1v) is 9.85. The molecule has 28 heavy (non-hydrogen) atoms. The van der Waals surface area contributed by atoms with Crippen molar-refractivity contribution >= 4 is 21.7 Å². The molecule has 1 amide bonds. The molecule has 3 aromatic rings. The van der Waals surface area contributed by atoms with E-state index in [-0.39, 0.29) is 16.6 Å². The van der Waals surface area contributed by atoms with Gasteiger partial charge in [-0.15, -0.1) is 0 Å². The number of carbonyl (C=O) groups excluding carboxylic acids is 1. The number of para-hydroxylation sites is 2. The average Bonchev–Trinajstić information content (AvgIpc) is 2.68. The number of anilines is 1. The van der Waals surface area contributed by atoms with Crippen LogP contribution in [0.1, 0.15) is 6.92 Å². The Labute approximate surface area is 163 Å². The Bertz CT molecular complexity index is 1070. The van der Waals surface area contributed by atoms with Crippen molar-refractivity contribution in [1.29, 1.82) is 0 Å². The van der Waals surface area contributed by atoms with E-state index < -0.39 is 10.1 Å². The predicted octanol–water partition coefficient (Wildman–Crippen LogP) is 4.09. The SMILES string of the molecule is COc1ccccc1OS(=O)(=O)c1ccc(-c2ccc(NC(C)=O)cc2)cc1. The maximum absolute atomic E-state index is 12.5. The summed E-state index contributed by atoms with van der Waals surface area (Å²) in [4.78, 5) is 11.1. The van der Waals surface area contributed by atoms with Crippen molar-refractivity contribution in [2.75, 3.05) is 12.4 Å². The van der Waals surface area contributed by atoms with Crippen molar-refractivity contribution in [2.24, 2.45) is 0 Å². The predicted molar refractivity (Wildman–Crippen MR) is 107 cm³/mol. The van der Waals surface area contributed by atoms with Gasteiger partial charge in [-0.25, -0.2) is 0 Å². The molecule has 1 N–H and O–H groups in total. The van der Waals surface area contributed by atoms with Crippen LogP contribution in [0, 0.1) is 0 Å². The molecule has 0 heterocycles. The van der Waals surface area contributed by atoms with E-state index in [0.29, 0.717) is 11.4 Å². The summed E-state index contributed by atoms with van der Waals surface area (Å²) in [5.41, 5.74) is 2.43. The second-order valence-electron chi connectivity index (χ2n) is 5.97. The number of hydrogen-bond acceptors (Lipinski definition) is 5. The molecule has 0 spiro atoms. The molecule has 0 unspecified atom stereocenters. The van der Waals surface area contributed by atoms with Crippen LogP contribution < -0.4 is 14.2 Å². The topological polar surface area (TPSA) is 81.7 Å². The maximum Gasteiger partial charge on any atom is 0.339 e. The van der Waals surface area contributed by atoms with E-state index in [1.165, 1.54) is 32.2 Å². The van der Waals surface area contributed by atoms with Crippen LogP contribution in [-0.4, -0.2) is 21.4 Å². The van der Waals surface area contributed by atoms with Crippen molar-refractivity contribution in [3.8, 4) is 22.6 Å². The summed E-state index contributed by atoms with van der Waals surface area (Å²) in [5.74, 6) is 0.321. The summed E-state index contributed by atoms with van der Waals surface area (Å²) < 4.78 is 35.4. The zero-order valence-corrected chi connectivity index (χ0v) is 16.2. The van der Waals surface area contributed by atoms with Crippen LogP contribution in [0.3, 0.4) is 0 Å². The van der Waals surface area contributed by atoms with E-state index >= 15 is 0 Å². The second kappa shape index (κ2) is 8.14. The maximum atomic E-state index is 12.5. The van der Waals surface area contributed by atoms with Crippen LogP contribution in [0.15, 0.2) is 77.7 Å². The minimum Gasteiger partial charge on any atom is -0.493 e. The molecule has 0 radical (unpaired) electrons. The van der Waals surface area contributed by atoms with Gasteiger partial charge in [0.2, 0.25) is 5.91 Å². The first-order valence-electron chi connectivity index (χ1n) is 8.44. The Hall–Kier alpha value is -3.32. The van der Waals surface area contributed by atoms with Crippen molar-refractivity contribution in [1.82, 2.24) is 0 Å². The van der Waals surface area contributed by atoms with E-state index in [1.54, 1.807) is 42.5 Å². The van der Waals surface area contributed by atoms with Crippen LogP contribution in [0.25, 0.3) is 11.1 Å². The Balaban J connectivity index is 1.80. The number of amides is 1. The normalized spacial score (nSPS) is 10.9. The summed E-state index contributed by atoms with van der Waals surface area (Å²) >= 11 is 0. The second-order valence-corrected chi connectivity index (χ2v) is 7.52. The molecule has 7 heteroatoms. The fourth-order valence-electron chi connectivity index (χ4n) is 2.62. The number of rotatable bonds is 6. The number of carbonyl (C=O) groups is 1. The Morgan fingerprint density at radius 2 is 1.36 bits per heavy atom. The van der Waals surface area contributed by atoms with Crippen LogP contribution in [0.4, 0.5) is 5.69 Å². The zero-order valence-electron chi connectivity index (χ0n) is 15.4. The van der Waals surface area contributed by atoms with Crippen LogP contribution in [0.2, 0.25) is 0 Å². The van der Waals surface area contributed by atoms with Crippen molar-refractivity contribution in [3.63, 3.8) is 0 Å². The van der Waals surface area contributed by atoms with Gasteiger partial charge in [0.15, 0.2) is 11.5 Å². The van der Waals surface area contributed by atoms with E-state index in [4.69, 9.17) is 8.92 Å². The molecule has 0 saturated heterocycles. The fraction of sp³-hybridized carbons (Fsp3) is 0.0952. The standard InChI is InChI=1S/C21H19NO5S/c1-15(23)22-18-11-7-16(8-12-18)17-9-13-19(14-10-17)28(24,25)27-21-6-4-3-5-20(21)26-2/h3-14H,1-2H3,(H,22,23). The van der Waals surface area contributed by atoms with E-state index in [1.807, 2.05) is 12.1 Å². The molecule has 0 aliphatic rings. The zero-order chi connectivity index (χ0) is 20.1. The Kier molecular flexibility index (Phi) is 5.65. The molecular weight excluding hydrogens is 378 g/mol. The lowest BCUT2D eigenvalue weighted by Crippen LogP contribution is -2.10. The molecular formula is C21H19NO5S. The quantitative estimate of drug-likeness (QED) is 0.634. The third-order valence-electron chi connectivity index (χ3n) is 3.95. The van der Waals surface area contributed by atoms with Gasteiger partial charge in [-0.05, 0) is 47.5 Å². The highest BCUT2D eigenvalue weighted by Gasteiger charge is 2.19. The minimum atomic E-state index is -3.99. The number of ether oxygens (including phenoxy) is 1.